The van der Waals surface area contributed by atoms with Gasteiger partial charge >= 0.3 is 0 Å². The highest BCUT2D eigenvalue weighted by molar-refractivity contribution is 9.09. The van der Waals surface area contributed by atoms with Crippen LogP contribution in [0.2, 0.25) is 0 Å². The first kappa shape index (κ1) is 24.4. The first-order valence-corrected chi connectivity index (χ1v) is 11.3. The molecule has 1 unspecified atom stereocenters. The topological polar surface area (TPSA) is 27.7 Å². The Morgan fingerprint density at radius 2 is 1.12 bits per heavy atom. The van der Waals surface area contributed by atoms with Crippen LogP contribution in [-0.2, 0) is 14.2 Å². The van der Waals surface area contributed by atoms with Gasteiger partial charge in [-0.3, -0.25) is 0 Å². The lowest BCUT2D eigenvalue weighted by molar-refractivity contribution is -0.402. The molecule has 0 aromatic carbocycles. The van der Waals surface area contributed by atoms with E-state index in [4.69, 9.17) is 14.2 Å². The van der Waals surface area contributed by atoms with Crippen LogP contribution in [0.1, 0.15) is 91.9 Å². The maximum atomic E-state index is 6.16. The highest BCUT2D eigenvalue weighted by atomic mass is 79.9. The molecule has 0 saturated heterocycles. The van der Waals surface area contributed by atoms with Gasteiger partial charge in [-0.05, 0) is 25.7 Å². The van der Waals surface area contributed by atoms with E-state index >= 15 is 0 Å². The lowest BCUT2D eigenvalue weighted by Crippen LogP contribution is -2.48. The summed E-state index contributed by atoms with van der Waals surface area (Å²) >= 11 is 3.68. The van der Waals surface area contributed by atoms with Crippen LogP contribution in [0.15, 0.2) is 0 Å². The SMILES string of the molecule is CCCCCCCCC(CBr)C(OCCC)(OCCC)OCCC. The van der Waals surface area contributed by atoms with Crippen molar-refractivity contribution < 1.29 is 14.2 Å². The van der Waals surface area contributed by atoms with Gasteiger partial charge in [-0.25, -0.2) is 0 Å². The van der Waals surface area contributed by atoms with Crippen molar-refractivity contribution in [3.63, 3.8) is 0 Å². The van der Waals surface area contributed by atoms with Crippen LogP contribution in [-0.4, -0.2) is 31.1 Å². The van der Waals surface area contributed by atoms with Gasteiger partial charge in [-0.1, -0.05) is 82.1 Å². The van der Waals surface area contributed by atoms with Gasteiger partial charge in [0, 0.05) is 5.33 Å². The van der Waals surface area contributed by atoms with Crippen LogP contribution < -0.4 is 0 Å². The summed E-state index contributed by atoms with van der Waals surface area (Å²) < 4.78 is 18.5. The highest BCUT2D eigenvalue weighted by Crippen LogP contribution is 2.32. The van der Waals surface area contributed by atoms with Gasteiger partial charge in [-0.2, -0.15) is 0 Å². The lowest BCUT2D eigenvalue weighted by atomic mass is 9.99. The zero-order chi connectivity index (χ0) is 18.1. The number of halogens is 1. The Kier molecular flexibility index (Phi) is 17.1. The monoisotopic (exact) mass is 408 g/mol. The molecule has 0 saturated carbocycles. The molecular weight excluding hydrogens is 368 g/mol. The maximum absolute atomic E-state index is 6.16. The zero-order valence-electron chi connectivity index (χ0n) is 16.6. The van der Waals surface area contributed by atoms with Crippen LogP contribution in [0.3, 0.4) is 0 Å². The Morgan fingerprint density at radius 3 is 1.54 bits per heavy atom. The van der Waals surface area contributed by atoms with Gasteiger partial charge in [0.1, 0.15) is 0 Å². The van der Waals surface area contributed by atoms with E-state index in [9.17, 15) is 0 Å². The third kappa shape index (κ3) is 10.4. The second-order valence-corrected chi connectivity index (χ2v) is 7.20. The smallest absolute Gasteiger partial charge is 0.286 e. The van der Waals surface area contributed by atoms with Gasteiger partial charge in [0.25, 0.3) is 5.97 Å². The molecule has 0 aromatic heterocycles. The molecule has 0 spiro atoms. The number of ether oxygens (including phenoxy) is 3. The Balaban J connectivity index is 4.72. The molecule has 0 aliphatic carbocycles. The molecular formula is C20H41BrO3. The summed E-state index contributed by atoms with van der Waals surface area (Å²) in [6, 6.07) is 0. The molecule has 3 nitrogen and oxygen atoms in total. The summed E-state index contributed by atoms with van der Waals surface area (Å²) in [5.74, 6) is -0.650. The van der Waals surface area contributed by atoms with Crippen molar-refractivity contribution in [2.45, 2.75) is 97.9 Å². The molecule has 1 atom stereocenters. The van der Waals surface area contributed by atoms with Crippen molar-refractivity contribution in [3.05, 3.63) is 0 Å². The third-order valence-electron chi connectivity index (χ3n) is 4.11. The van der Waals surface area contributed by atoms with Gasteiger partial charge < -0.3 is 14.2 Å². The molecule has 0 aromatic rings. The molecule has 0 radical (unpaired) electrons. The number of rotatable bonds is 18. The molecule has 0 bridgehead atoms. The number of unbranched alkanes of at least 4 members (excludes halogenated alkanes) is 5. The molecule has 0 aliphatic heterocycles. The Bertz CT molecular complexity index is 239. The first-order chi connectivity index (χ1) is 11.7. The van der Waals surface area contributed by atoms with Crippen LogP contribution in [0.4, 0.5) is 0 Å². The molecule has 4 heteroatoms. The van der Waals surface area contributed by atoms with Crippen LogP contribution in [0.5, 0.6) is 0 Å². The third-order valence-corrected chi connectivity index (χ3v) is 4.90. The van der Waals surface area contributed by atoms with Crippen molar-refractivity contribution in [2.24, 2.45) is 5.92 Å². The number of alkyl halides is 1. The molecule has 0 N–H and O–H groups in total. The Labute approximate surface area is 159 Å². The number of hydrogen-bond donors (Lipinski definition) is 0. The Morgan fingerprint density at radius 1 is 0.667 bits per heavy atom. The van der Waals surface area contributed by atoms with Crippen LogP contribution >= 0.6 is 15.9 Å². The van der Waals surface area contributed by atoms with E-state index < -0.39 is 5.97 Å². The van der Waals surface area contributed by atoms with Crippen LogP contribution in [0.25, 0.3) is 0 Å². The van der Waals surface area contributed by atoms with E-state index in [0.29, 0.717) is 19.8 Å². The summed E-state index contributed by atoms with van der Waals surface area (Å²) in [7, 11) is 0. The fourth-order valence-corrected chi connectivity index (χ4v) is 3.45. The van der Waals surface area contributed by atoms with Crippen molar-refractivity contribution >= 4 is 15.9 Å². The summed E-state index contributed by atoms with van der Waals surface area (Å²) in [6.45, 7) is 10.7. The lowest BCUT2D eigenvalue weighted by Gasteiger charge is -2.39. The van der Waals surface area contributed by atoms with Gasteiger partial charge in [-0.15, -0.1) is 0 Å². The second kappa shape index (κ2) is 16.8. The predicted molar refractivity (Wildman–Crippen MR) is 107 cm³/mol. The quantitative estimate of drug-likeness (QED) is 0.144. The second-order valence-electron chi connectivity index (χ2n) is 6.56. The summed E-state index contributed by atoms with van der Waals surface area (Å²) in [5.41, 5.74) is 0. The van der Waals surface area contributed by atoms with Gasteiger partial charge in [0.15, 0.2) is 0 Å². The minimum atomic E-state index is -0.880. The molecule has 0 heterocycles. The molecule has 0 rings (SSSR count). The molecule has 24 heavy (non-hydrogen) atoms. The molecule has 146 valence electrons. The van der Waals surface area contributed by atoms with Gasteiger partial charge in [0.05, 0.1) is 25.7 Å². The Hall–Kier alpha value is 0.360. The summed E-state index contributed by atoms with van der Waals surface area (Å²) in [5, 5.41) is 0.846. The van der Waals surface area contributed by atoms with E-state index in [0.717, 1.165) is 31.0 Å². The standard InChI is InChI=1S/C20H41BrO3/c1-5-9-10-11-12-13-14-19(18-21)20(22-15-6-2,23-16-7-3)24-17-8-4/h19H,5-18H2,1-4H3. The van der Waals surface area contributed by atoms with E-state index in [1.54, 1.807) is 0 Å². The van der Waals surface area contributed by atoms with E-state index in [-0.39, 0.29) is 5.92 Å². The largest absolute Gasteiger partial charge is 0.327 e. The minimum Gasteiger partial charge on any atom is -0.327 e. The zero-order valence-corrected chi connectivity index (χ0v) is 18.2. The van der Waals surface area contributed by atoms with Crippen molar-refractivity contribution in [1.82, 2.24) is 0 Å². The predicted octanol–water partition coefficient (Wildman–Crippen LogP) is 6.68. The van der Waals surface area contributed by atoms with E-state index in [2.05, 4.69) is 43.6 Å². The van der Waals surface area contributed by atoms with E-state index in [1.807, 2.05) is 0 Å². The van der Waals surface area contributed by atoms with E-state index in [1.165, 1.54) is 38.5 Å². The fourth-order valence-electron chi connectivity index (χ4n) is 2.73. The summed E-state index contributed by atoms with van der Waals surface area (Å²) in [6.07, 6.45) is 11.8. The first-order valence-electron chi connectivity index (χ1n) is 10.2. The molecule has 0 amide bonds. The fraction of sp³-hybridized carbons (Fsp3) is 1.00. The normalized spacial score (nSPS) is 13.4. The molecule has 0 aliphatic rings. The number of hydrogen-bond acceptors (Lipinski definition) is 3. The molecule has 0 fully saturated rings. The minimum absolute atomic E-state index is 0.230. The van der Waals surface area contributed by atoms with Crippen molar-refractivity contribution in [1.29, 1.82) is 0 Å². The summed E-state index contributed by atoms with van der Waals surface area (Å²) in [4.78, 5) is 0. The van der Waals surface area contributed by atoms with Crippen molar-refractivity contribution in [3.8, 4) is 0 Å². The average molecular weight is 409 g/mol. The van der Waals surface area contributed by atoms with Crippen molar-refractivity contribution in [2.75, 3.05) is 25.2 Å². The maximum Gasteiger partial charge on any atom is 0.286 e. The average Bonchev–Trinajstić information content (AvgIpc) is 2.61. The highest BCUT2D eigenvalue weighted by Gasteiger charge is 2.41. The van der Waals surface area contributed by atoms with Gasteiger partial charge in [0.2, 0.25) is 0 Å². The van der Waals surface area contributed by atoms with Crippen LogP contribution in [0, 0.1) is 5.92 Å².